The standard InChI is InChI=1S/C20H23N3O2S/c1-13-5-3-7-16-18(13)22-19(21-16)14-6-4-10-23(11-14)20(24)17-9-8-15(26-17)12-25-2/h3,5,7-9,14H,4,6,10-12H2,1-2H3,(H,21,22)/t14-/m1/s1. The van der Waals surface area contributed by atoms with Crippen LogP contribution in [0, 0.1) is 6.92 Å². The van der Waals surface area contributed by atoms with Crippen LogP contribution in [0.5, 0.6) is 0 Å². The van der Waals surface area contributed by atoms with Crippen LogP contribution in [0.4, 0.5) is 0 Å². The highest BCUT2D eigenvalue weighted by atomic mass is 32.1. The summed E-state index contributed by atoms with van der Waals surface area (Å²) in [5.74, 6) is 1.38. The number of likely N-dealkylation sites (tertiary alicyclic amines) is 1. The molecule has 5 nitrogen and oxygen atoms in total. The van der Waals surface area contributed by atoms with E-state index in [4.69, 9.17) is 9.72 Å². The maximum absolute atomic E-state index is 12.9. The number of benzene rings is 1. The summed E-state index contributed by atoms with van der Waals surface area (Å²) in [5, 5.41) is 0. The molecule has 0 spiro atoms. The van der Waals surface area contributed by atoms with Crippen LogP contribution in [0.3, 0.4) is 0 Å². The van der Waals surface area contributed by atoms with Gasteiger partial charge in [0.25, 0.3) is 5.91 Å². The molecule has 136 valence electrons. The van der Waals surface area contributed by atoms with E-state index in [1.54, 1.807) is 7.11 Å². The summed E-state index contributed by atoms with van der Waals surface area (Å²) in [6.45, 7) is 4.16. The van der Waals surface area contributed by atoms with Crippen LogP contribution in [0.15, 0.2) is 30.3 Å². The molecule has 26 heavy (non-hydrogen) atoms. The normalized spacial score (nSPS) is 17.8. The van der Waals surface area contributed by atoms with Gasteiger partial charge >= 0.3 is 0 Å². The zero-order valence-corrected chi connectivity index (χ0v) is 15.9. The molecule has 1 amide bonds. The second kappa shape index (κ2) is 7.21. The molecule has 1 fully saturated rings. The monoisotopic (exact) mass is 369 g/mol. The number of nitrogens with one attached hydrogen (secondary N) is 1. The van der Waals surface area contributed by atoms with E-state index in [1.807, 2.05) is 23.1 Å². The van der Waals surface area contributed by atoms with Crippen molar-refractivity contribution in [1.29, 1.82) is 0 Å². The van der Waals surface area contributed by atoms with Gasteiger partial charge in [0.05, 0.1) is 22.5 Å². The molecule has 1 saturated heterocycles. The number of H-pyrrole nitrogens is 1. The Balaban J connectivity index is 1.52. The number of nitrogens with zero attached hydrogens (tertiary/aromatic N) is 2. The van der Waals surface area contributed by atoms with Gasteiger partial charge in [0.15, 0.2) is 0 Å². The molecule has 1 atom stereocenters. The molecule has 0 unspecified atom stereocenters. The lowest BCUT2D eigenvalue weighted by Gasteiger charge is -2.31. The van der Waals surface area contributed by atoms with Gasteiger partial charge in [-0.25, -0.2) is 4.98 Å². The Bertz CT molecular complexity index is 930. The van der Waals surface area contributed by atoms with Crippen molar-refractivity contribution in [3.05, 3.63) is 51.5 Å². The van der Waals surface area contributed by atoms with Gasteiger partial charge in [0.1, 0.15) is 5.82 Å². The summed E-state index contributed by atoms with van der Waals surface area (Å²) in [5.41, 5.74) is 3.29. The van der Waals surface area contributed by atoms with E-state index < -0.39 is 0 Å². The molecule has 1 aromatic carbocycles. The number of thiophene rings is 1. The number of methoxy groups -OCH3 is 1. The number of ether oxygens (including phenoxy) is 1. The number of aromatic nitrogens is 2. The van der Waals surface area contributed by atoms with Crippen molar-refractivity contribution in [3.8, 4) is 0 Å². The van der Waals surface area contributed by atoms with Crippen LogP contribution >= 0.6 is 11.3 Å². The van der Waals surface area contributed by atoms with E-state index in [-0.39, 0.29) is 11.8 Å². The number of carbonyl (C=O) groups is 1. The third-order valence-corrected chi connectivity index (χ3v) is 6.03. The molecule has 1 aliphatic heterocycles. The van der Waals surface area contributed by atoms with Crippen molar-refractivity contribution in [2.24, 2.45) is 0 Å². The van der Waals surface area contributed by atoms with Gasteiger partial charge in [-0.3, -0.25) is 4.79 Å². The Labute approximate surface area is 157 Å². The van der Waals surface area contributed by atoms with Crippen LogP contribution in [0.25, 0.3) is 11.0 Å². The van der Waals surface area contributed by atoms with Crippen molar-refractivity contribution >= 4 is 28.3 Å². The summed E-state index contributed by atoms with van der Waals surface area (Å²) < 4.78 is 5.15. The van der Waals surface area contributed by atoms with Crippen LogP contribution in [-0.4, -0.2) is 41.0 Å². The first kappa shape index (κ1) is 17.2. The van der Waals surface area contributed by atoms with Crippen molar-refractivity contribution in [2.45, 2.75) is 32.3 Å². The van der Waals surface area contributed by atoms with Crippen LogP contribution in [-0.2, 0) is 11.3 Å². The summed E-state index contributed by atoms with van der Waals surface area (Å²) in [6.07, 6.45) is 2.06. The minimum atomic E-state index is 0.120. The molecule has 0 bridgehead atoms. The predicted molar refractivity (Wildman–Crippen MR) is 104 cm³/mol. The maximum Gasteiger partial charge on any atom is 0.263 e. The fraction of sp³-hybridized carbons (Fsp3) is 0.400. The maximum atomic E-state index is 12.9. The molecule has 0 saturated carbocycles. The Morgan fingerprint density at radius 3 is 3.08 bits per heavy atom. The highest BCUT2D eigenvalue weighted by molar-refractivity contribution is 7.14. The van der Waals surface area contributed by atoms with Gasteiger partial charge < -0.3 is 14.6 Å². The van der Waals surface area contributed by atoms with Gasteiger partial charge in [0, 0.05) is 31.0 Å². The van der Waals surface area contributed by atoms with E-state index in [1.165, 1.54) is 16.9 Å². The lowest BCUT2D eigenvalue weighted by Crippen LogP contribution is -2.39. The summed E-state index contributed by atoms with van der Waals surface area (Å²) >= 11 is 1.52. The lowest BCUT2D eigenvalue weighted by molar-refractivity contribution is 0.0710. The van der Waals surface area contributed by atoms with E-state index in [2.05, 4.69) is 24.0 Å². The SMILES string of the molecule is COCc1ccc(C(=O)N2CCC[C@@H](c3nc4c(C)cccc4[nH]3)C2)s1. The van der Waals surface area contributed by atoms with Gasteiger partial charge in [-0.05, 0) is 43.5 Å². The third kappa shape index (κ3) is 3.27. The predicted octanol–water partition coefficient (Wildman–Crippen LogP) is 4.10. The number of carbonyl (C=O) groups excluding carboxylic acids is 1. The zero-order valence-electron chi connectivity index (χ0n) is 15.1. The minimum absolute atomic E-state index is 0.120. The van der Waals surface area contributed by atoms with Gasteiger partial charge in [-0.15, -0.1) is 11.3 Å². The first-order chi connectivity index (χ1) is 12.7. The van der Waals surface area contributed by atoms with Crippen molar-refractivity contribution < 1.29 is 9.53 Å². The first-order valence-electron chi connectivity index (χ1n) is 8.98. The van der Waals surface area contributed by atoms with E-state index >= 15 is 0 Å². The number of aryl methyl sites for hydroxylation is 1. The number of hydrogen-bond donors (Lipinski definition) is 1. The number of amides is 1. The number of rotatable bonds is 4. The molecule has 0 aliphatic carbocycles. The van der Waals surface area contributed by atoms with Crippen LogP contribution in [0.1, 0.15) is 44.7 Å². The lowest BCUT2D eigenvalue weighted by atomic mass is 9.97. The largest absolute Gasteiger partial charge is 0.379 e. The number of aromatic amines is 1. The van der Waals surface area contributed by atoms with E-state index in [9.17, 15) is 4.79 Å². The van der Waals surface area contributed by atoms with Crippen molar-refractivity contribution in [2.75, 3.05) is 20.2 Å². The van der Waals surface area contributed by atoms with Crippen molar-refractivity contribution in [3.63, 3.8) is 0 Å². The quantitative estimate of drug-likeness (QED) is 0.753. The van der Waals surface area contributed by atoms with E-state index in [0.29, 0.717) is 6.61 Å². The van der Waals surface area contributed by atoms with Crippen LogP contribution < -0.4 is 0 Å². The third-order valence-electron chi connectivity index (χ3n) is 4.99. The van der Waals surface area contributed by atoms with E-state index in [0.717, 1.165) is 52.5 Å². The second-order valence-corrected chi connectivity index (χ2v) is 8.05. The molecule has 1 N–H and O–H groups in total. The number of fused-ring (bicyclic) bond motifs is 1. The molecule has 3 heterocycles. The second-order valence-electron chi connectivity index (χ2n) is 6.88. The summed E-state index contributed by atoms with van der Waals surface area (Å²) in [7, 11) is 1.67. The van der Waals surface area contributed by atoms with Crippen LogP contribution in [0.2, 0.25) is 0 Å². The van der Waals surface area contributed by atoms with Gasteiger partial charge in [-0.1, -0.05) is 12.1 Å². The average molecular weight is 369 g/mol. The zero-order chi connectivity index (χ0) is 18.1. The fourth-order valence-electron chi connectivity index (χ4n) is 3.64. The Morgan fingerprint density at radius 2 is 2.27 bits per heavy atom. The Morgan fingerprint density at radius 1 is 1.38 bits per heavy atom. The Hall–Kier alpha value is -2.18. The Kier molecular flexibility index (Phi) is 4.78. The average Bonchev–Trinajstić information content (AvgIpc) is 3.29. The van der Waals surface area contributed by atoms with Gasteiger partial charge in [0.2, 0.25) is 0 Å². The minimum Gasteiger partial charge on any atom is -0.379 e. The molecule has 1 aliphatic rings. The highest BCUT2D eigenvalue weighted by Crippen LogP contribution is 2.29. The summed E-state index contributed by atoms with van der Waals surface area (Å²) in [6, 6.07) is 10.1. The highest BCUT2D eigenvalue weighted by Gasteiger charge is 2.28. The van der Waals surface area contributed by atoms with Crippen molar-refractivity contribution in [1.82, 2.24) is 14.9 Å². The molecular weight excluding hydrogens is 346 g/mol. The smallest absolute Gasteiger partial charge is 0.263 e. The molecule has 2 aromatic heterocycles. The summed E-state index contributed by atoms with van der Waals surface area (Å²) in [4.78, 5) is 25.0. The molecule has 6 heteroatoms. The number of para-hydroxylation sites is 1. The molecule has 3 aromatic rings. The number of imidazole rings is 1. The molecular formula is C20H23N3O2S. The number of piperidine rings is 1. The molecule has 0 radical (unpaired) electrons. The fourth-order valence-corrected chi connectivity index (χ4v) is 4.59. The van der Waals surface area contributed by atoms with Gasteiger partial charge in [-0.2, -0.15) is 0 Å². The number of hydrogen-bond acceptors (Lipinski definition) is 4. The first-order valence-corrected chi connectivity index (χ1v) is 9.79. The molecule has 4 rings (SSSR count). The topological polar surface area (TPSA) is 58.2 Å².